The van der Waals surface area contributed by atoms with Gasteiger partial charge in [-0.25, -0.2) is 0 Å². The zero-order chi connectivity index (χ0) is 52.1. The fraction of sp³-hybridized carbons (Fsp3) is 0.194. The number of aromatic nitrogens is 3. The molecule has 3 aliphatic rings. The van der Waals surface area contributed by atoms with Crippen molar-refractivity contribution in [2.75, 3.05) is 0 Å². The third kappa shape index (κ3) is 6.36. The number of benzene rings is 8. The van der Waals surface area contributed by atoms with Gasteiger partial charge in [0.2, 0.25) is 5.69 Å². The SMILES string of the molecule is [2H]C(C)(C)c1cc2c(c(C([2H])(C)C)c1)OC13c4c(cc(-c5ccccc5)cc4-c4cc(-c5ccc(-c6ccccc6)cc5)cc[n+]41)-c1cccc4c1[n+]3c-2n4-c1ccc(-c2c(C([2H])(C)C)cccc2C([2H])(C)C)cc1. The Bertz CT molecular complexity index is 3950. The molecule has 346 valence electrons. The van der Waals surface area contributed by atoms with Gasteiger partial charge in [0.05, 0.1) is 5.56 Å². The van der Waals surface area contributed by atoms with Crippen molar-refractivity contribution < 1.29 is 19.4 Å². The second kappa shape index (κ2) is 16.1. The Morgan fingerprint density at radius 1 is 0.465 bits per heavy atom. The van der Waals surface area contributed by atoms with Crippen LogP contribution in [0.25, 0.3) is 95.0 Å². The van der Waals surface area contributed by atoms with E-state index in [9.17, 15) is 5.48 Å². The van der Waals surface area contributed by atoms with E-state index < -0.39 is 29.4 Å². The highest BCUT2D eigenvalue weighted by Gasteiger charge is 2.69. The van der Waals surface area contributed by atoms with Crippen molar-refractivity contribution >= 4 is 11.0 Å². The molecule has 71 heavy (non-hydrogen) atoms. The van der Waals surface area contributed by atoms with E-state index in [0.29, 0.717) is 11.3 Å². The summed E-state index contributed by atoms with van der Waals surface area (Å²) in [7, 11) is 0. The summed E-state index contributed by atoms with van der Waals surface area (Å²) in [5, 5.41) is 0. The van der Waals surface area contributed by atoms with E-state index in [1.165, 1.54) is 5.56 Å². The molecule has 0 N–H and O–H groups in total. The summed E-state index contributed by atoms with van der Waals surface area (Å²) in [5.74, 6) is -3.70. The molecule has 1 unspecified atom stereocenters. The van der Waals surface area contributed by atoms with Crippen LogP contribution in [-0.4, -0.2) is 4.57 Å². The lowest BCUT2D eigenvalue weighted by Crippen LogP contribution is -2.78. The number of pyridine rings is 1. The van der Waals surface area contributed by atoms with E-state index in [1.807, 2.05) is 85.7 Å². The predicted octanol–water partition coefficient (Wildman–Crippen LogP) is 16.6. The summed E-state index contributed by atoms with van der Waals surface area (Å²) in [6.07, 6.45) is 2.19. The highest BCUT2D eigenvalue weighted by Crippen LogP contribution is 2.56. The largest absolute Gasteiger partial charge is 0.499 e. The van der Waals surface area contributed by atoms with Gasteiger partial charge in [-0.2, -0.15) is 4.57 Å². The van der Waals surface area contributed by atoms with E-state index in [1.54, 1.807) is 0 Å². The van der Waals surface area contributed by atoms with Crippen LogP contribution < -0.4 is 13.9 Å². The van der Waals surface area contributed by atoms with E-state index in [-0.39, 0.29) is 0 Å². The van der Waals surface area contributed by atoms with Crippen molar-refractivity contribution in [3.05, 3.63) is 216 Å². The Labute approximate surface area is 423 Å². The molecule has 4 nitrogen and oxygen atoms in total. The van der Waals surface area contributed by atoms with Crippen molar-refractivity contribution in [1.82, 2.24) is 4.57 Å². The third-order valence-electron chi connectivity index (χ3n) is 15.2. The van der Waals surface area contributed by atoms with Crippen molar-refractivity contribution in [1.29, 1.82) is 0 Å². The molecule has 13 rings (SSSR count). The van der Waals surface area contributed by atoms with Gasteiger partial charge >= 0.3 is 11.7 Å². The lowest BCUT2D eigenvalue weighted by Gasteiger charge is -2.34. The van der Waals surface area contributed by atoms with Gasteiger partial charge in [-0.15, -0.1) is 9.13 Å². The number of hydrogen-bond acceptors (Lipinski definition) is 1. The topological polar surface area (TPSA) is 21.9 Å². The summed E-state index contributed by atoms with van der Waals surface area (Å²) in [6, 6.07) is 64.5. The maximum Gasteiger partial charge on any atom is 0.499 e. The molecule has 0 amide bonds. The average molecular weight is 926 g/mol. The molecule has 0 bridgehead atoms. The van der Waals surface area contributed by atoms with Crippen molar-refractivity contribution in [3.8, 4) is 89.7 Å². The first-order chi connectivity index (χ1) is 35.7. The van der Waals surface area contributed by atoms with Gasteiger partial charge in [0.15, 0.2) is 23.0 Å². The van der Waals surface area contributed by atoms with Gasteiger partial charge in [-0.1, -0.05) is 183 Å². The monoisotopic (exact) mass is 925 g/mol. The Morgan fingerprint density at radius 3 is 1.68 bits per heavy atom. The summed E-state index contributed by atoms with van der Waals surface area (Å²) in [4.78, 5) is 0. The highest BCUT2D eigenvalue weighted by molar-refractivity contribution is 5.99. The van der Waals surface area contributed by atoms with Crippen LogP contribution in [0.3, 0.4) is 0 Å². The smallest absolute Gasteiger partial charge is 0.392 e. The van der Waals surface area contributed by atoms with Gasteiger partial charge < -0.3 is 4.74 Å². The Balaban J connectivity index is 1.13. The Morgan fingerprint density at radius 2 is 1.04 bits per heavy atom. The second-order valence-electron chi connectivity index (χ2n) is 20.5. The van der Waals surface area contributed by atoms with E-state index >= 15 is 0 Å². The van der Waals surface area contributed by atoms with Crippen molar-refractivity contribution in [3.63, 3.8) is 0 Å². The molecule has 5 heterocycles. The zero-order valence-corrected chi connectivity index (χ0v) is 41.6. The summed E-state index contributed by atoms with van der Waals surface area (Å²) in [6.45, 7) is 15.3. The van der Waals surface area contributed by atoms with Crippen LogP contribution in [0.4, 0.5) is 0 Å². The predicted molar refractivity (Wildman–Crippen MR) is 291 cm³/mol. The van der Waals surface area contributed by atoms with E-state index in [0.717, 1.165) is 112 Å². The number of nitrogens with zero attached hydrogens (tertiary/aromatic N) is 3. The second-order valence-corrected chi connectivity index (χ2v) is 20.5. The lowest BCUT2D eigenvalue weighted by molar-refractivity contribution is -0.997. The molecule has 0 fully saturated rings. The first-order valence-corrected chi connectivity index (χ1v) is 24.9. The Hall–Kier alpha value is -7.82. The van der Waals surface area contributed by atoms with Crippen LogP contribution in [-0.2, 0) is 5.85 Å². The molecule has 1 spiro atoms. The first kappa shape index (κ1) is 39.0. The minimum atomic E-state index is -1.28. The Kier molecular flexibility index (Phi) is 8.84. The molecule has 4 heteroatoms. The molecule has 0 saturated heterocycles. The standard InChI is InChI=1S/C67H59N3O/c1-40(2)50-35-56(43(7)8)65-59(36-50)66-69(52-31-29-48(30-32-52)62-53(41(3)4)21-15-22-54(62)42(5)6)60-24-16-23-55-57-37-51(45-19-13-10-14-20-45)38-58-61-39-49(47-27-25-46(26-28-47)44-17-11-9-12-18-44)33-34-68(61)67(71-65,63(57)58)70(66)64(55)60/h9-43H,1-8H3/q+2/i40D,41D,42D,43D. The maximum atomic E-state index is 9.84. The lowest BCUT2D eigenvalue weighted by atomic mass is 9.85. The van der Waals surface area contributed by atoms with Gasteiger partial charge in [0.1, 0.15) is 16.8 Å². The van der Waals surface area contributed by atoms with Crippen LogP contribution in [0.1, 0.15) is 112 Å². The molecule has 8 aromatic carbocycles. The normalized spacial score (nSPS) is 16.3. The van der Waals surface area contributed by atoms with Crippen LogP contribution in [0.15, 0.2) is 188 Å². The molecule has 2 aromatic heterocycles. The minimum Gasteiger partial charge on any atom is -0.392 e. The van der Waals surface area contributed by atoms with Crippen molar-refractivity contribution in [2.45, 2.75) is 84.8 Å². The summed E-state index contributed by atoms with van der Waals surface area (Å²) in [5.41, 5.74) is 20.8. The molecule has 0 radical (unpaired) electrons. The first-order valence-electron chi connectivity index (χ1n) is 26.9. The number of hydrogen-bond donors (Lipinski definition) is 0. The molecule has 0 saturated carbocycles. The third-order valence-corrected chi connectivity index (χ3v) is 15.2. The van der Waals surface area contributed by atoms with Gasteiger partial charge in [-0.05, 0) is 133 Å². The molecule has 1 atom stereocenters. The minimum absolute atomic E-state index is 0.617. The average Bonchev–Trinajstić information content (AvgIpc) is 4.04. The maximum absolute atomic E-state index is 9.84. The number of para-hydroxylation sites is 1. The summed E-state index contributed by atoms with van der Waals surface area (Å²) < 4.78 is 52.9. The van der Waals surface area contributed by atoms with Gasteiger partial charge in [0, 0.05) is 28.7 Å². The van der Waals surface area contributed by atoms with E-state index in [2.05, 4.69) is 172 Å². The van der Waals surface area contributed by atoms with Crippen molar-refractivity contribution in [2.24, 2.45) is 0 Å². The highest BCUT2D eigenvalue weighted by atomic mass is 16.5. The summed E-state index contributed by atoms with van der Waals surface area (Å²) >= 11 is 0. The quantitative estimate of drug-likeness (QED) is 0.132. The fourth-order valence-corrected chi connectivity index (χ4v) is 11.8. The fourth-order valence-electron chi connectivity index (χ4n) is 11.8. The van der Waals surface area contributed by atoms with Crippen LogP contribution in [0.5, 0.6) is 5.75 Å². The molecular formula is C67H59N3O+2. The molecule has 0 aliphatic carbocycles. The number of fused-ring (bicyclic) bond motifs is 5. The van der Waals surface area contributed by atoms with Crippen LogP contribution in [0.2, 0.25) is 0 Å². The van der Waals surface area contributed by atoms with Crippen LogP contribution >= 0.6 is 0 Å². The van der Waals surface area contributed by atoms with E-state index in [4.69, 9.17) is 4.74 Å². The molecular weight excluding hydrogens is 863 g/mol. The molecule has 3 aliphatic heterocycles. The number of ether oxygens (including phenoxy) is 1. The number of imidazole rings is 1. The van der Waals surface area contributed by atoms with Crippen LogP contribution in [0, 0.1) is 0 Å². The molecule has 10 aromatic rings. The number of rotatable bonds is 9. The van der Waals surface area contributed by atoms with Gasteiger partial charge in [0.25, 0.3) is 0 Å². The van der Waals surface area contributed by atoms with Gasteiger partial charge in [-0.3, -0.25) is 0 Å². The zero-order valence-electron chi connectivity index (χ0n) is 45.6.